The van der Waals surface area contributed by atoms with E-state index in [9.17, 15) is 14.4 Å². The average Bonchev–Trinajstić information content (AvgIpc) is 2.78. The lowest BCUT2D eigenvalue weighted by Crippen LogP contribution is -2.54. The fourth-order valence-electron chi connectivity index (χ4n) is 3.35. The molecule has 4 rings (SSSR count). The van der Waals surface area contributed by atoms with Crippen LogP contribution in [-0.2, 0) is 16.2 Å². The molecule has 0 radical (unpaired) electrons. The van der Waals surface area contributed by atoms with E-state index in [2.05, 4.69) is 21.2 Å². The summed E-state index contributed by atoms with van der Waals surface area (Å²) >= 11 is 3.50. The van der Waals surface area contributed by atoms with Crippen molar-refractivity contribution in [2.75, 3.05) is 4.90 Å². The zero-order chi connectivity index (χ0) is 22.7. The van der Waals surface area contributed by atoms with Gasteiger partial charge in [0.2, 0.25) is 0 Å². The number of halogens is 1. The van der Waals surface area contributed by atoms with E-state index < -0.39 is 17.8 Å². The van der Waals surface area contributed by atoms with E-state index in [-0.39, 0.29) is 5.57 Å². The molecule has 0 atom stereocenters. The number of imide groups is 2. The molecule has 6 nitrogen and oxygen atoms in total. The molecule has 1 N–H and O–H groups in total. The number of nitrogens with one attached hydrogen (secondary N) is 1. The molecule has 1 fully saturated rings. The number of barbiturate groups is 1. The molecule has 1 aliphatic rings. The third-order valence-corrected chi connectivity index (χ3v) is 5.79. The van der Waals surface area contributed by atoms with Gasteiger partial charge in [0.25, 0.3) is 11.8 Å². The summed E-state index contributed by atoms with van der Waals surface area (Å²) in [5, 5.41) is 2.25. The normalized spacial score (nSPS) is 15.1. The molecule has 1 saturated heterocycles. The summed E-state index contributed by atoms with van der Waals surface area (Å²) < 4.78 is 6.89. The van der Waals surface area contributed by atoms with E-state index in [0.29, 0.717) is 23.6 Å². The third-order valence-electron chi connectivity index (χ3n) is 5.02. The highest BCUT2D eigenvalue weighted by molar-refractivity contribution is 9.10. The summed E-state index contributed by atoms with van der Waals surface area (Å²) in [6.45, 7) is 2.09. The first-order chi connectivity index (χ1) is 15.5. The molecule has 3 aromatic carbocycles. The zero-order valence-electron chi connectivity index (χ0n) is 17.2. The minimum atomic E-state index is -0.773. The number of hydrogen-bond acceptors (Lipinski definition) is 4. The summed E-state index contributed by atoms with van der Waals surface area (Å²) in [6, 6.07) is 21.0. The maximum Gasteiger partial charge on any atom is 0.335 e. The summed E-state index contributed by atoms with van der Waals surface area (Å²) in [4.78, 5) is 39.1. The van der Waals surface area contributed by atoms with Crippen LogP contribution in [0.25, 0.3) is 6.08 Å². The number of urea groups is 1. The van der Waals surface area contributed by atoms with Gasteiger partial charge in [-0.25, -0.2) is 9.69 Å². The minimum absolute atomic E-state index is 0.148. The highest BCUT2D eigenvalue weighted by atomic mass is 79.9. The van der Waals surface area contributed by atoms with Crippen LogP contribution in [0, 0.1) is 6.92 Å². The Kier molecular flexibility index (Phi) is 6.18. The van der Waals surface area contributed by atoms with Crippen molar-refractivity contribution >= 4 is 45.5 Å². The molecule has 1 aliphatic heterocycles. The Bertz CT molecular complexity index is 1250. The number of anilines is 1. The van der Waals surface area contributed by atoms with Gasteiger partial charge < -0.3 is 4.74 Å². The molecule has 0 aliphatic carbocycles. The zero-order valence-corrected chi connectivity index (χ0v) is 18.8. The van der Waals surface area contributed by atoms with E-state index >= 15 is 0 Å². The van der Waals surface area contributed by atoms with Crippen LogP contribution in [0.5, 0.6) is 5.75 Å². The van der Waals surface area contributed by atoms with Gasteiger partial charge in [-0.15, -0.1) is 0 Å². The second-order valence-corrected chi connectivity index (χ2v) is 8.02. The molecule has 0 unspecified atom stereocenters. The first-order valence-electron chi connectivity index (χ1n) is 9.88. The Morgan fingerprint density at radius 1 is 0.938 bits per heavy atom. The van der Waals surface area contributed by atoms with Gasteiger partial charge in [0.05, 0.1) is 5.69 Å². The number of para-hydroxylation sites is 2. The molecule has 160 valence electrons. The molecule has 32 heavy (non-hydrogen) atoms. The SMILES string of the molecule is Cc1ccccc1N1C(=O)NC(=O)/C(=C\c2ccccc2OCc2ccccc2Br)C1=O. The predicted molar refractivity (Wildman–Crippen MR) is 125 cm³/mol. The van der Waals surface area contributed by atoms with Crippen molar-refractivity contribution in [3.05, 3.63) is 99.5 Å². The highest BCUT2D eigenvalue weighted by Crippen LogP contribution is 2.28. The van der Waals surface area contributed by atoms with Gasteiger partial charge in [-0.05, 0) is 36.8 Å². The number of carbonyl (C=O) groups is 3. The Labute approximate surface area is 193 Å². The van der Waals surface area contributed by atoms with Crippen LogP contribution in [0.1, 0.15) is 16.7 Å². The van der Waals surface area contributed by atoms with Crippen LogP contribution >= 0.6 is 15.9 Å². The smallest absolute Gasteiger partial charge is 0.335 e. The molecule has 0 bridgehead atoms. The predicted octanol–water partition coefficient (Wildman–Crippen LogP) is 5.00. The second kappa shape index (κ2) is 9.20. The van der Waals surface area contributed by atoms with Crippen LogP contribution in [-0.4, -0.2) is 17.8 Å². The van der Waals surface area contributed by atoms with Crippen LogP contribution in [0.15, 0.2) is 82.8 Å². The molecule has 4 amide bonds. The number of hydrogen-bond donors (Lipinski definition) is 1. The van der Waals surface area contributed by atoms with E-state index in [4.69, 9.17) is 4.74 Å². The lowest BCUT2D eigenvalue weighted by molar-refractivity contribution is -0.122. The molecule has 0 aromatic heterocycles. The lowest BCUT2D eigenvalue weighted by atomic mass is 10.1. The molecular weight excluding hydrogens is 472 g/mol. The lowest BCUT2D eigenvalue weighted by Gasteiger charge is -2.27. The van der Waals surface area contributed by atoms with Crippen LogP contribution in [0.4, 0.5) is 10.5 Å². The first-order valence-corrected chi connectivity index (χ1v) is 10.7. The molecule has 0 spiro atoms. The van der Waals surface area contributed by atoms with E-state index in [0.717, 1.165) is 20.5 Å². The van der Waals surface area contributed by atoms with Gasteiger partial charge in [-0.2, -0.15) is 0 Å². The number of nitrogens with zero attached hydrogens (tertiary/aromatic N) is 1. The topological polar surface area (TPSA) is 75.7 Å². The number of amides is 4. The molecule has 7 heteroatoms. The van der Waals surface area contributed by atoms with E-state index in [1.54, 1.807) is 43.3 Å². The largest absolute Gasteiger partial charge is 0.488 e. The molecular formula is C25H19BrN2O4. The van der Waals surface area contributed by atoms with Crippen molar-refractivity contribution in [3.8, 4) is 5.75 Å². The van der Waals surface area contributed by atoms with Crippen LogP contribution in [0.3, 0.4) is 0 Å². The Hall–Kier alpha value is -3.71. The standard InChI is InChI=1S/C25H19BrN2O4/c1-16-8-2-6-12-21(16)28-24(30)19(23(29)27-25(28)31)14-17-9-4-7-13-22(17)32-15-18-10-3-5-11-20(18)26/h2-14H,15H2,1H3,(H,27,29,31)/b19-14+. The van der Waals surface area contributed by atoms with Crippen molar-refractivity contribution in [1.29, 1.82) is 0 Å². The number of carbonyl (C=O) groups excluding carboxylic acids is 3. The van der Waals surface area contributed by atoms with Crippen LogP contribution < -0.4 is 15.0 Å². The maximum absolute atomic E-state index is 13.2. The summed E-state index contributed by atoms with van der Waals surface area (Å²) in [5.74, 6) is -0.921. The Morgan fingerprint density at radius 2 is 1.62 bits per heavy atom. The van der Waals surface area contributed by atoms with Gasteiger partial charge in [-0.1, -0.05) is 70.5 Å². The van der Waals surface area contributed by atoms with E-state index in [1.165, 1.54) is 6.08 Å². The number of rotatable bonds is 5. The van der Waals surface area contributed by atoms with Gasteiger partial charge in [-0.3, -0.25) is 14.9 Å². The van der Waals surface area contributed by atoms with Crippen molar-refractivity contribution in [1.82, 2.24) is 5.32 Å². The quantitative estimate of drug-likeness (QED) is 0.403. The van der Waals surface area contributed by atoms with Crippen molar-refractivity contribution in [2.24, 2.45) is 0 Å². The summed E-state index contributed by atoms with van der Waals surface area (Å²) in [6.07, 6.45) is 1.45. The number of benzene rings is 3. The van der Waals surface area contributed by atoms with Crippen LogP contribution in [0.2, 0.25) is 0 Å². The first kappa shape index (κ1) is 21.5. The number of aryl methyl sites for hydroxylation is 1. The van der Waals surface area contributed by atoms with Crippen molar-refractivity contribution < 1.29 is 19.1 Å². The summed E-state index contributed by atoms with van der Waals surface area (Å²) in [7, 11) is 0. The van der Waals surface area contributed by atoms with Gasteiger partial charge >= 0.3 is 6.03 Å². The fourth-order valence-corrected chi connectivity index (χ4v) is 3.75. The van der Waals surface area contributed by atoms with Gasteiger partial charge in [0.15, 0.2) is 0 Å². The van der Waals surface area contributed by atoms with Crippen molar-refractivity contribution in [3.63, 3.8) is 0 Å². The van der Waals surface area contributed by atoms with Gasteiger partial charge in [0.1, 0.15) is 17.9 Å². The summed E-state index contributed by atoms with van der Waals surface area (Å²) in [5.41, 5.74) is 2.52. The molecule has 1 heterocycles. The average molecular weight is 491 g/mol. The Morgan fingerprint density at radius 3 is 2.41 bits per heavy atom. The number of ether oxygens (including phenoxy) is 1. The minimum Gasteiger partial charge on any atom is -0.488 e. The second-order valence-electron chi connectivity index (χ2n) is 7.16. The molecule has 0 saturated carbocycles. The van der Waals surface area contributed by atoms with Crippen molar-refractivity contribution in [2.45, 2.75) is 13.5 Å². The third kappa shape index (κ3) is 4.33. The maximum atomic E-state index is 13.2. The monoisotopic (exact) mass is 490 g/mol. The van der Waals surface area contributed by atoms with Gasteiger partial charge in [0, 0.05) is 15.6 Å². The van der Waals surface area contributed by atoms with E-state index in [1.807, 2.05) is 36.4 Å². The fraction of sp³-hybridized carbons (Fsp3) is 0.0800. The molecule has 3 aromatic rings. The highest BCUT2D eigenvalue weighted by Gasteiger charge is 2.37. The Balaban J connectivity index is 1.66.